The Hall–Kier alpha value is -1.35. The summed E-state index contributed by atoms with van der Waals surface area (Å²) >= 11 is 0. The van der Waals surface area contributed by atoms with Crippen molar-refractivity contribution in [2.24, 2.45) is 5.92 Å². The summed E-state index contributed by atoms with van der Waals surface area (Å²) in [5, 5.41) is 6.58. The zero-order valence-electron chi connectivity index (χ0n) is 12.6. The highest BCUT2D eigenvalue weighted by molar-refractivity contribution is 5.81. The van der Waals surface area contributed by atoms with E-state index in [0.29, 0.717) is 5.92 Å². The van der Waals surface area contributed by atoms with Crippen LogP contribution >= 0.6 is 0 Å². The van der Waals surface area contributed by atoms with E-state index in [9.17, 15) is 4.79 Å². The zero-order chi connectivity index (χ0) is 14.4. The first kappa shape index (κ1) is 15.0. The van der Waals surface area contributed by atoms with Crippen LogP contribution in [0.15, 0.2) is 30.3 Å². The fourth-order valence-electron chi connectivity index (χ4n) is 2.80. The van der Waals surface area contributed by atoms with Crippen LogP contribution in [-0.4, -0.2) is 18.5 Å². The minimum Gasteiger partial charge on any atom is -0.355 e. The Morgan fingerprint density at radius 3 is 2.70 bits per heavy atom. The van der Waals surface area contributed by atoms with Crippen molar-refractivity contribution in [2.45, 2.75) is 51.6 Å². The largest absolute Gasteiger partial charge is 0.355 e. The predicted molar refractivity (Wildman–Crippen MR) is 82.4 cm³/mol. The summed E-state index contributed by atoms with van der Waals surface area (Å²) in [6, 6.07) is 10.7. The van der Waals surface area contributed by atoms with Gasteiger partial charge in [0.1, 0.15) is 0 Å². The van der Waals surface area contributed by atoms with Crippen LogP contribution in [0.25, 0.3) is 0 Å². The molecule has 1 aliphatic rings. The van der Waals surface area contributed by atoms with E-state index in [1.54, 1.807) is 0 Å². The van der Waals surface area contributed by atoms with E-state index >= 15 is 0 Å². The van der Waals surface area contributed by atoms with E-state index in [4.69, 9.17) is 0 Å². The van der Waals surface area contributed by atoms with Gasteiger partial charge < -0.3 is 5.32 Å². The van der Waals surface area contributed by atoms with Crippen LogP contribution in [0.2, 0.25) is 0 Å². The van der Waals surface area contributed by atoms with Gasteiger partial charge in [0, 0.05) is 12.6 Å². The van der Waals surface area contributed by atoms with Gasteiger partial charge in [0.2, 0.25) is 5.91 Å². The summed E-state index contributed by atoms with van der Waals surface area (Å²) in [6.07, 6.45) is 4.19. The Morgan fingerprint density at radius 1 is 1.25 bits per heavy atom. The molecule has 0 bridgehead atoms. The SMILES string of the molecule is CC(C)CC(NC1CCCCNC1=O)c1ccccc1. The molecule has 2 rings (SSSR count). The quantitative estimate of drug-likeness (QED) is 0.866. The molecular weight excluding hydrogens is 248 g/mol. The highest BCUT2D eigenvalue weighted by Crippen LogP contribution is 2.23. The lowest BCUT2D eigenvalue weighted by molar-refractivity contribution is -0.123. The summed E-state index contributed by atoms with van der Waals surface area (Å²) in [4.78, 5) is 12.1. The molecule has 0 saturated carbocycles. The Labute approximate surface area is 122 Å². The lowest BCUT2D eigenvalue weighted by atomic mass is 9.95. The summed E-state index contributed by atoms with van der Waals surface area (Å²) in [5.74, 6) is 0.758. The minimum absolute atomic E-state index is 0.0542. The molecule has 0 aromatic heterocycles. The van der Waals surface area contributed by atoms with Crippen molar-refractivity contribution < 1.29 is 4.79 Å². The van der Waals surface area contributed by atoms with E-state index in [2.05, 4.69) is 48.7 Å². The molecule has 110 valence electrons. The number of hydrogen-bond donors (Lipinski definition) is 2. The topological polar surface area (TPSA) is 41.1 Å². The number of rotatable bonds is 5. The maximum absolute atomic E-state index is 12.1. The Bertz CT molecular complexity index is 416. The fraction of sp³-hybridized carbons (Fsp3) is 0.588. The van der Waals surface area contributed by atoms with Gasteiger partial charge in [0.15, 0.2) is 0 Å². The van der Waals surface area contributed by atoms with Crippen LogP contribution in [-0.2, 0) is 4.79 Å². The van der Waals surface area contributed by atoms with Crippen molar-refractivity contribution in [2.75, 3.05) is 6.54 Å². The van der Waals surface area contributed by atoms with Gasteiger partial charge in [-0.15, -0.1) is 0 Å². The molecule has 1 heterocycles. The molecule has 1 aromatic rings. The second-order valence-corrected chi connectivity index (χ2v) is 6.10. The van der Waals surface area contributed by atoms with Crippen molar-refractivity contribution in [3.8, 4) is 0 Å². The Balaban J connectivity index is 2.08. The van der Waals surface area contributed by atoms with E-state index in [1.165, 1.54) is 5.56 Å². The standard InChI is InChI=1S/C17H26N2O/c1-13(2)12-16(14-8-4-3-5-9-14)19-15-10-6-7-11-18-17(15)20/h3-5,8-9,13,15-16,19H,6-7,10-12H2,1-2H3,(H,18,20). The van der Waals surface area contributed by atoms with E-state index < -0.39 is 0 Å². The van der Waals surface area contributed by atoms with Crippen LogP contribution < -0.4 is 10.6 Å². The molecule has 2 unspecified atom stereocenters. The van der Waals surface area contributed by atoms with Crippen molar-refractivity contribution in [3.63, 3.8) is 0 Å². The molecule has 2 N–H and O–H groups in total. The number of hydrogen-bond acceptors (Lipinski definition) is 2. The summed E-state index contributed by atoms with van der Waals surface area (Å²) < 4.78 is 0. The number of carbonyl (C=O) groups excluding carboxylic acids is 1. The lowest BCUT2D eigenvalue weighted by Crippen LogP contribution is -2.44. The molecule has 1 fully saturated rings. The Morgan fingerprint density at radius 2 is 2.00 bits per heavy atom. The van der Waals surface area contributed by atoms with Crippen LogP contribution in [0, 0.1) is 5.92 Å². The average Bonchev–Trinajstić information content (AvgIpc) is 2.64. The first-order chi connectivity index (χ1) is 9.66. The molecule has 1 aromatic carbocycles. The lowest BCUT2D eigenvalue weighted by Gasteiger charge is -2.26. The first-order valence-corrected chi connectivity index (χ1v) is 7.75. The maximum Gasteiger partial charge on any atom is 0.237 e. The zero-order valence-corrected chi connectivity index (χ0v) is 12.6. The molecule has 1 aliphatic heterocycles. The van der Waals surface area contributed by atoms with Crippen LogP contribution in [0.3, 0.4) is 0 Å². The summed E-state index contributed by atoms with van der Waals surface area (Å²) in [5.41, 5.74) is 1.28. The normalized spacial score (nSPS) is 21.4. The van der Waals surface area contributed by atoms with Crippen LogP contribution in [0.5, 0.6) is 0 Å². The van der Waals surface area contributed by atoms with Crippen molar-refractivity contribution in [1.29, 1.82) is 0 Å². The monoisotopic (exact) mass is 274 g/mol. The third kappa shape index (κ3) is 4.34. The van der Waals surface area contributed by atoms with Gasteiger partial charge in [-0.05, 0) is 37.2 Å². The van der Waals surface area contributed by atoms with Gasteiger partial charge in [-0.3, -0.25) is 10.1 Å². The smallest absolute Gasteiger partial charge is 0.237 e. The van der Waals surface area contributed by atoms with Crippen LogP contribution in [0.4, 0.5) is 0 Å². The number of amides is 1. The van der Waals surface area contributed by atoms with Gasteiger partial charge in [0.25, 0.3) is 0 Å². The molecule has 1 amide bonds. The molecule has 3 nitrogen and oxygen atoms in total. The second kappa shape index (κ2) is 7.44. The minimum atomic E-state index is -0.0542. The maximum atomic E-state index is 12.1. The molecule has 3 heteroatoms. The van der Waals surface area contributed by atoms with E-state index in [1.807, 2.05) is 6.07 Å². The highest BCUT2D eigenvalue weighted by Gasteiger charge is 2.24. The molecule has 2 atom stereocenters. The van der Waals surface area contributed by atoms with Crippen molar-refractivity contribution in [1.82, 2.24) is 10.6 Å². The predicted octanol–water partition coefficient (Wildman–Crippen LogP) is 3.03. The first-order valence-electron chi connectivity index (χ1n) is 7.75. The molecular formula is C17H26N2O. The van der Waals surface area contributed by atoms with E-state index in [0.717, 1.165) is 32.2 Å². The third-order valence-corrected chi connectivity index (χ3v) is 3.85. The molecule has 1 saturated heterocycles. The molecule has 0 spiro atoms. The number of nitrogens with one attached hydrogen (secondary N) is 2. The van der Waals surface area contributed by atoms with E-state index in [-0.39, 0.29) is 18.0 Å². The van der Waals surface area contributed by atoms with Crippen molar-refractivity contribution in [3.05, 3.63) is 35.9 Å². The highest BCUT2D eigenvalue weighted by atomic mass is 16.2. The van der Waals surface area contributed by atoms with Gasteiger partial charge >= 0.3 is 0 Å². The van der Waals surface area contributed by atoms with Crippen molar-refractivity contribution >= 4 is 5.91 Å². The molecule has 20 heavy (non-hydrogen) atoms. The summed E-state index contributed by atoms with van der Waals surface area (Å²) in [6.45, 7) is 5.27. The molecule has 0 aliphatic carbocycles. The number of carbonyl (C=O) groups is 1. The molecule has 0 radical (unpaired) electrons. The third-order valence-electron chi connectivity index (χ3n) is 3.85. The van der Waals surface area contributed by atoms with Gasteiger partial charge in [0.05, 0.1) is 6.04 Å². The Kier molecular flexibility index (Phi) is 5.60. The van der Waals surface area contributed by atoms with Gasteiger partial charge in [-0.25, -0.2) is 0 Å². The average molecular weight is 274 g/mol. The van der Waals surface area contributed by atoms with Gasteiger partial charge in [-0.1, -0.05) is 44.2 Å². The fourth-order valence-corrected chi connectivity index (χ4v) is 2.80. The summed E-state index contributed by atoms with van der Waals surface area (Å²) in [7, 11) is 0. The second-order valence-electron chi connectivity index (χ2n) is 6.10. The number of benzene rings is 1. The van der Waals surface area contributed by atoms with Crippen LogP contribution in [0.1, 0.15) is 51.1 Å². The van der Waals surface area contributed by atoms with Gasteiger partial charge in [-0.2, -0.15) is 0 Å².